The second-order valence-electron chi connectivity index (χ2n) is 4.47. The molecule has 110 valence electrons. The molecule has 0 radical (unpaired) electrons. The van der Waals surface area contributed by atoms with Crippen LogP contribution in [0, 0.1) is 6.92 Å². The van der Waals surface area contributed by atoms with Crippen molar-refractivity contribution in [1.29, 1.82) is 0 Å². The lowest BCUT2D eigenvalue weighted by molar-refractivity contribution is 0.582. The summed E-state index contributed by atoms with van der Waals surface area (Å²) >= 11 is 1.22. The highest BCUT2D eigenvalue weighted by Crippen LogP contribution is 2.25. The molecule has 2 aromatic heterocycles. The standard InChI is InChI=1S/C12H18N4O2S2/c1-9-7-12(19-11(9)8-13)20(17,18)15-6-4-10-3-5-14-16(10)2/h3,5,7,15H,4,6,8,13H2,1-2H3. The summed E-state index contributed by atoms with van der Waals surface area (Å²) in [7, 11) is -1.62. The quantitative estimate of drug-likeness (QED) is 0.824. The van der Waals surface area contributed by atoms with E-state index in [4.69, 9.17) is 5.73 Å². The molecule has 0 fully saturated rings. The van der Waals surface area contributed by atoms with Gasteiger partial charge in [0.05, 0.1) is 0 Å². The van der Waals surface area contributed by atoms with E-state index < -0.39 is 10.0 Å². The van der Waals surface area contributed by atoms with Crippen LogP contribution in [0.15, 0.2) is 22.5 Å². The largest absolute Gasteiger partial charge is 0.326 e. The van der Waals surface area contributed by atoms with Gasteiger partial charge < -0.3 is 5.73 Å². The SMILES string of the molecule is Cc1cc(S(=O)(=O)NCCc2ccnn2C)sc1CN. The predicted molar refractivity (Wildman–Crippen MR) is 79.0 cm³/mol. The van der Waals surface area contributed by atoms with Crippen LogP contribution >= 0.6 is 11.3 Å². The number of aryl methyl sites for hydroxylation is 2. The Bertz CT molecular complexity index is 688. The minimum atomic E-state index is -3.45. The fourth-order valence-electron chi connectivity index (χ4n) is 1.85. The number of nitrogens with zero attached hydrogens (tertiary/aromatic N) is 2. The Labute approximate surface area is 122 Å². The summed E-state index contributed by atoms with van der Waals surface area (Å²) in [6, 6.07) is 3.54. The molecule has 0 aliphatic rings. The molecule has 6 nitrogen and oxygen atoms in total. The zero-order valence-corrected chi connectivity index (χ0v) is 13.1. The molecule has 0 aromatic carbocycles. The maximum absolute atomic E-state index is 12.2. The minimum absolute atomic E-state index is 0.320. The number of rotatable bonds is 6. The van der Waals surface area contributed by atoms with Gasteiger partial charge in [0.15, 0.2) is 0 Å². The van der Waals surface area contributed by atoms with E-state index in [1.165, 1.54) is 11.3 Å². The lowest BCUT2D eigenvalue weighted by Gasteiger charge is -2.05. The van der Waals surface area contributed by atoms with Crippen LogP contribution in [-0.4, -0.2) is 24.7 Å². The minimum Gasteiger partial charge on any atom is -0.326 e. The van der Waals surface area contributed by atoms with E-state index >= 15 is 0 Å². The molecule has 2 rings (SSSR count). The first-order chi connectivity index (χ1) is 9.44. The third-order valence-electron chi connectivity index (χ3n) is 3.04. The summed E-state index contributed by atoms with van der Waals surface area (Å²) in [6.45, 7) is 2.57. The van der Waals surface area contributed by atoms with Gasteiger partial charge in [-0.15, -0.1) is 11.3 Å². The molecule has 0 unspecified atom stereocenters. The zero-order valence-electron chi connectivity index (χ0n) is 11.5. The fourth-order valence-corrected chi connectivity index (χ4v) is 4.40. The average Bonchev–Trinajstić information content (AvgIpc) is 2.96. The number of aromatic nitrogens is 2. The van der Waals surface area contributed by atoms with Crippen LogP contribution in [0.5, 0.6) is 0 Å². The smallest absolute Gasteiger partial charge is 0.250 e. The van der Waals surface area contributed by atoms with Crippen molar-refractivity contribution in [1.82, 2.24) is 14.5 Å². The molecular weight excluding hydrogens is 296 g/mol. The van der Waals surface area contributed by atoms with Crippen LogP contribution in [0.2, 0.25) is 0 Å². The van der Waals surface area contributed by atoms with E-state index in [9.17, 15) is 8.42 Å². The summed E-state index contributed by atoms with van der Waals surface area (Å²) in [5, 5.41) is 4.04. The molecule has 0 bridgehead atoms. The van der Waals surface area contributed by atoms with Crippen molar-refractivity contribution in [3.63, 3.8) is 0 Å². The van der Waals surface area contributed by atoms with Crippen LogP contribution in [0.25, 0.3) is 0 Å². The van der Waals surface area contributed by atoms with Crippen molar-refractivity contribution in [2.24, 2.45) is 12.8 Å². The molecule has 0 spiro atoms. The third-order valence-corrected chi connectivity index (χ3v) is 6.24. The molecule has 0 saturated carbocycles. The van der Waals surface area contributed by atoms with Crippen molar-refractivity contribution < 1.29 is 8.42 Å². The first-order valence-electron chi connectivity index (χ1n) is 6.20. The van der Waals surface area contributed by atoms with Crippen molar-refractivity contribution in [3.8, 4) is 0 Å². The van der Waals surface area contributed by atoms with Gasteiger partial charge in [0, 0.05) is 43.3 Å². The van der Waals surface area contributed by atoms with Crippen LogP contribution in [0.3, 0.4) is 0 Å². The molecule has 0 atom stereocenters. The van der Waals surface area contributed by atoms with Gasteiger partial charge in [-0.1, -0.05) is 0 Å². The van der Waals surface area contributed by atoms with Gasteiger partial charge in [0.25, 0.3) is 0 Å². The van der Waals surface area contributed by atoms with Gasteiger partial charge in [-0.25, -0.2) is 13.1 Å². The van der Waals surface area contributed by atoms with Crippen molar-refractivity contribution in [2.75, 3.05) is 6.54 Å². The molecule has 3 N–H and O–H groups in total. The van der Waals surface area contributed by atoms with Crippen molar-refractivity contribution in [3.05, 3.63) is 34.5 Å². The highest BCUT2D eigenvalue weighted by molar-refractivity contribution is 7.91. The van der Waals surface area contributed by atoms with Crippen LogP contribution < -0.4 is 10.5 Å². The Balaban J connectivity index is 2.02. The normalized spacial score (nSPS) is 11.9. The lowest BCUT2D eigenvalue weighted by Crippen LogP contribution is -2.25. The summed E-state index contributed by atoms with van der Waals surface area (Å²) in [5.74, 6) is 0. The summed E-state index contributed by atoms with van der Waals surface area (Å²) in [5.41, 5.74) is 7.48. The Hall–Kier alpha value is -1.22. The third kappa shape index (κ3) is 3.26. The summed E-state index contributed by atoms with van der Waals surface area (Å²) < 4.78 is 29.0. The van der Waals surface area contributed by atoms with Crippen LogP contribution in [-0.2, 0) is 30.0 Å². The molecule has 20 heavy (non-hydrogen) atoms. The Morgan fingerprint density at radius 3 is 2.80 bits per heavy atom. The molecule has 2 aromatic rings. The lowest BCUT2D eigenvalue weighted by atomic mass is 10.3. The highest BCUT2D eigenvalue weighted by Gasteiger charge is 2.18. The zero-order chi connectivity index (χ0) is 14.8. The van der Waals surface area contributed by atoms with E-state index in [-0.39, 0.29) is 0 Å². The van der Waals surface area contributed by atoms with E-state index in [1.807, 2.05) is 20.0 Å². The predicted octanol–water partition coefficient (Wildman–Crippen LogP) is 0.770. The molecule has 8 heteroatoms. The number of hydrogen-bond acceptors (Lipinski definition) is 5. The average molecular weight is 314 g/mol. The van der Waals surface area contributed by atoms with Crippen LogP contribution in [0.4, 0.5) is 0 Å². The fraction of sp³-hybridized carbons (Fsp3) is 0.417. The number of thiophene rings is 1. The van der Waals surface area contributed by atoms with Gasteiger partial charge in [-0.3, -0.25) is 4.68 Å². The van der Waals surface area contributed by atoms with Crippen molar-refractivity contribution >= 4 is 21.4 Å². The van der Waals surface area contributed by atoms with Gasteiger partial charge >= 0.3 is 0 Å². The van der Waals surface area contributed by atoms with E-state index in [2.05, 4.69) is 9.82 Å². The molecule has 0 saturated heterocycles. The first-order valence-corrected chi connectivity index (χ1v) is 8.50. The first kappa shape index (κ1) is 15.2. The van der Waals surface area contributed by atoms with Gasteiger partial charge in [-0.2, -0.15) is 5.10 Å². The summed E-state index contributed by atoms with van der Waals surface area (Å²) in [4.78, 5) is 0.900. The second kappa shape index (κ2) is 6.04. The van der Waals surface area contributed by atoms with E-state index in [1.54, 1.807) is 16.9 Å². The number of nitrogens with two attached hydrogens (primary N) is 1. The second-order valence-corrected chi connectivity index (χ2v) is 7.60. The Morgan fingerprint density at radius 1 is 1.50 bits per heavy atom. The summed E-state index contributed by atoms with van der Waals surface area (Å²) in [6.07, 6.45) is 2.30. The van der Waals surface area contributed by atoms with E-state index in [0.29, 0.717) is 23.7 Å². The monoisotopic (exact) mass is 314 g/mol. The van der Waals surface area contributed by atoms with Crippen LogP contribution in [0.1, 0.15) is 16.1 Å². The molecule has 0 aliphatic carbocycles. The highest BCUT2D eigenvalue weighted by atomic mass is 32.2. The van der Waals surface area contributed by atoms with Gasteiger partial charge in [-0.05, 0) is 24.6 Å². The van der Waals surface area contributed by atoms with Crippen molar-refractivity contribution in [2.45, 2.75) is 24.1 Å². The molecule has 2 heterocycles. The molecule has 0 aliphatic heterocycles. The number of nitrogens with one attached hydrogen (secondary N) is 1. The van der Waals surface area contributed by atoms with Gasteiger partial charge in [0.1, 0.15) is 4.21 Å². The number of sulfonamides is 1. The maximum Gasteiger partial charge on any atom is 0.250 e. The maximum atomic E-state index is 12.2. The Kier molecular flexibility index (Phi) is 4.59. The Morgan fingerprint density at radius 2 is 2.25 bits per heavy atom. The molecular formula is C12H18N4O2S2. The van der Waals surface area contributed by atoms with E-state index in [0.717, 1.165) is 16.1 Å². The van der Waals surface area contributed by atoms with Gasteiger partial charge in [0.2, 0.25) is 10.0 Å². The number of hydrogen-bond donors (Lipinski definition) is 2. The topological polar surface area (TPSA) is 90.0 Å². The molecule has 0 amide bonds.